The van der Waals surface area contributed by atoms with E-state index in [1.165, 1.54) is 17.0 Å². The summed E-state index contributed by atoms with van der Waals surface area (Å²) in [5, 5.41) is 2.73. The molecular weight excluding hydrogens is 363 g/mol. The largest absolute Gasteiger partial charge is 0.364 e. The highest BCUT2D eigenvalue weighted by atomic mass is 19.1. The predicted octanol–water partition coefficient (Wildman–Crippen LogP) is -1.82. The van der Waals surface area contributed by atoms with Crippen LogP contribution >= 0.6 is 0 Å². The number of halogens is 1. The molecule has 0 unspecified atom stereocenters. The Morgan fingerprint density at radius 2 is 1.82 bits per heavy atom. The number of ether oxygens (including phenoxy) is 1. The molecule has 0 aromatic heterocycles. The Morgan fingerprint density at radius 1 is 1.14 bits per heavy atom. The Bertz CT molecular complexity index is 684. The number of carbonyl (C=O) groups is 2. The Balaban J connectivity index is 1.40. The van der Waals surface area contributed by atoms with E-state index in [-0.39, 0.29) is 29.8 Å². The lowest BCUT2D eigenvalue weighted by Gasteiger charge is -2.35. The lowest BCUT2D eigenvalue weighted by molar-refractivity contribution is -0.908. The monoisotopic (exact) mass is 394 g/mol. The number of nitrogens with one attached hydrogen (secondary N) is 3. The number of morpholine rings is 1. The molecule has 2 aliphatic rings. The first-order chi connectivity index (χ1) is 13.4. The van der Waals surface area contributed by atoms with E-state index in [9.17, 15) is 14.0 Å². The second-order valence-electron chi connectivity index (χ2n) is 7.96. The zero-order valence-electron chi connectivity index (χ0n) is 16.7. The van der Waals surface area contributed by atoms with Crippen LogP contribution in [0.25, 0.3) is 0 Å². The van der Waals surface area contributed by atoms with Crippen molar-refractivity contribution in [2.75, 3.05) is 57.7 Å². The molecule has 2 heterocycles. The number of amides is 2. The number of piperazine rings is 1. The molecule has 0 bridgehead atoms. The number of carbonyl (C=O) groups excluding carboxylic acids is 2. The Labute approximate surface area is 165 Å². The highest BCUT2D eigenvalue weighted by molar-refractivity contribution is 5.91. The minimum absolute atomic E-state index is 0.138. The van der Waals surface area contributed by atoms with Gasteiger partial charge in [-0.25, -0.2) is 4.39 Å². The van der Waals surface area contributed by atoms with Gasteiger partial charge in [-0.05, 0) is 32.0 Å². The smallest absolute Gasteiger partial charge is 0.279 e. The zero-order valence-corrected chi connectivity index (χ0v) is 16.7. The maximum Gasteiger partial charge on any atom is 0.279 e. The van der Waals surface area contributed by atoms with Crippen LogP contribution in [0.5, 0.6) is 0 Å². The van der Waals surface area contributed by atoms with Crippen molar-refractivity contribution in [1.82, 2.24) is 4.90 Å². The number of hydrogen-bond acceptors (Lipinski definition) is 3. The van der Waals surface area contributed by atoms with E-state index in [1.807, 2.05) is 4.90 Å². The predicted molar refractivity (Wildman–Crippen MR) is 103 cm³/mol. The second-order valence-corrected chi connectivity index (χ2v) is 7.96. The molecule has 0 spiro atoms. The van der Waals surface area contributed by atoms with Gasteiger partial charge in [0, 0.05) is 5.69 Å². The fourth-order valence-corrected chi connectivity index (χ4v) is 4.11. The first-order valence-electron chi connectivity index (χ1n) is 10.0. The molecule has 2 saturated heterocycles. The first kappa shape index (κ1) is 20.7. The minimum Gasteiger partial charge on any atom is -0.364 e. The van der Waals surface area contributed by atoms with Crippen LogP contribution in [-0.4, -0.2) is 81.3 Å². The number of benzene rings is 1. The lowest BCUT2D eigenvalue weighted by atomic mass is 10.2. The molecule has 0 radical (unpaired) electrons. The fourth-order valence-electron chi connectivity index (χ4n) is 4.11. The van der Waals surface area contributed by atoms with Crippen LogP contribution in [-0.2, 0) is 14.3 Å². The summed E-state index contributed by atoms with van der Waals surface area (Å²) < 4.78 is 18.9. The number of nitrogens with zero attached hydrogens (tertiary/aromatic N) is 1. The van der Waals surface area contributed by atoms with Crippen LogP contribution in [0.4, 0.5) is 10.1 Å². The van der Waals surface area contributed by atoms with E-state index in [1.54, 1.807) is 12.1 Å². The number of quaternary nitrogens is 2. The average molecular weight is 394 g/mol. The van der Waals surface area contributed by atoms with Crippen LogP contribution in [0.2, 0.25) is 0 Å². The van der Waals surface area contributed by atoms with Crippen LogP contribution in [0, 0.1) is 5.82 Å². The van der Waals surface area contributed by atoms with Gasteiger partial charge in [0.15, 0.2) is 13.1 Å². The van der Waals surface area contributed by atoms with Crippen molar-refractivity contribution in [3.8, 4) is 0 Å². The van der Waals surface area contributed by atoms with Gasteiger partial charge in [0.1, 0.15) is 31.1 Å². The maximum atomic E-state index is 13.2. The molecule has 0 aliphatic carbocycles. The van der Waals surface area contributed by atoms with Crippen molar-refractivity contribution in [3.63, 3.8) is 0 Å². The van der Waals surface area contributed by atoms with Crippen LogP contribution in [0.3, 0.4) is 0 Å². The zero-order chi connectivity index (χ0) is 20.1. The van der Waals surface area contributed by atoms with Gasteiger partial charge >= 0.3 is 0 Å². The summed E-state index contributed by atoms with van der Waals surface area (Å²) >= 11 is 0. The van der Waals surface area contributed by atoms with E-state index < -0.39 is 0 Å². The number of hydrogen-bond donors (Lipinski definition) is 3. The highest BCUT2D eigenvalue weighted by Crippen LogP contribution is 2.08. The van der Waals surface area contributed by atoms with Crippen molar-refractivity contribution in [1.29, 1.82) is 0 Å². The first-order valence-corrected chi connectivity index (χ1v) is 10.0. The van der Waals surface area contributed by atoms with Crippen molar-refractivity contribution in [2.24, 2.45) is 0 Å². The molecule has 1 aromatic carbocycles. The van der Waals surface area contributed by atoms with Crippen LogP contribution in [0.1, 0.15) is 13.8 Å². The van der Waals surface area contributed by atoms with E-state index in [4.69, 9.17) is 4.74 Å². The van der Waals surface area contributed by atoms with Gasteiger partial charge in [0.05, 0.1) is 26.2 Å². The molecule has 28 heavy (non-hydrogen) atoms. The molecule has 154 valence electrons. The third-order valence-corrected chi connectivity index (χ3v) is 5.36. The van der Waals surface area contributed by atoms with Crippen molar-refractivity contribution < 1.29 is 28.5 Å². The molecule has 8 heteroatoms. The van der Waals surface area contributed by atoms with Gasteiger partial charge < -0.3 is 24.8 Å². The Morgan fingerprint density at radius 3 is 2.46 bits per heavy atom. The van der Waals surface area contributed by atoms with Gasteiger partial charge in [0.2, 0.25) is 0 Å². The molecular formula is C20H31FN4O3+2. The lowest BCUT2D eigenvalue weighted by Crippen LogP contribution is -3.17. The molecule has 3 rings (SSSR count). The van der Waals surface area contributed by atoms with Crippen molar-refractivity contribution in [2.45, 2.75) is 26.1 Å². The van der Waals surface area contributed by atoms with Gasteiger partial charge in [-0.3, -0.25) is 9.59 Å². The number of rotatable bonds is 5. The summed E-state index contributed by atoms with van der Waals surface area (Å²) in [5.41, 5.74) is 0.468. The van der Waals surface area contributed by atoms with Crippen LogP contribution < -0.4 is 15.1 Å². The van der Waals surface area contributed by atoms with Gasteiger partial charge in [-0.15, -0.1) is 0 Å². The highest BCUT2D eigenvalue weighted by Gasteiger charge is 2.31. The normalized spacial score (nSPS) is 26.1. The summed E-state index contributed by atoms with van der Waals surface area (Å²) in [4.78, 5) is 29.1. The summed E-state index contributed by atoms with van der Waals surface area (Å²) in [6, 6.07) is 5.89. The Kier molecular flexibility index (Phi) is 6.98. The van der Waals surface area contributed by atoms with Crippen molar-refractivity contribution in [3.05, 3.63) is 30.1 Å². The summed E-state index contributed by atoms with van der Waals surface area (Å²) in [5.74, 6) is -0.330. The summed E-state index contributed by atoms with van der Waals surface area (Å²) in [6.07, 6.45) is 0.369. The van der Waals surface area contributed by atoms with E-state index in [0.29, 0.717) is 31.9 Å². The van der Waals surface area contributed by atoms with Gasteiger partial charge in [-0.2, -0.15) is 0 Å². The van der Waals surface area contributed by atoms with E-state index in [0.717, 1.165) is 31.1 Å². The minimum atomic E-state index is -0.372. The topological polar surface area (TPSA) is 67.5 Å². The molecule has 0 saturated carbocycles. The standard InChI is InChI=1S/C20H29FN4O3/c1-15-11-24(12-16(2)28-15)14-20(27)25-8-6-23(7-9-25)13-19(26)22-18-5-3-4-17(21)10-18/h3-5,10,15-16H,6-9,11-14H2,1-2H3,(H,22,26)/p+2/t15-,16-/m0/s1. The molecule has 2 aliphatic heterocycles. The molecule has 1 aromatic rings. The third-order valence-electron chi connectivity index (χ3n) is 5.36. The third kappa shape index (κ3) is 5.98. The van der Waals surface area contributed by atoms with Crippen LogP contribution in [0.15, 0.2) is 24.3 Å². The molecule has 2 amide bonds. The van der Waals surface area contributed by atoms with Gasteiger partial charge in [0.25, 0.3) is 11.8 Å². The molecule has 3 N–H and O–H groups in total. The SMILES string of the molecule is C[C@H]1C[NH+](CC(=O)N2CC[NH+](CC(=O)Nc3cccc(F)c3)CC2)C[C@H](C)O1. The second kappa shape index (κ2) is 9.45. The van der Waals surface area contributed by atoms with E-state index >= 15 is 0 Å². The average Bonchev–Trinajstić information content (AvgIpc) is 2.61. The fraction of sp³-hybridized carbons (Fsp3) is 0.600. The Hall–Kier alpha value is -2.03. The van der Waals surface area contributed by atoms with E-state index in [2.05, 4.69) is 19.2 Å². The van der Waals surface area contributed by atoms with Crippen molar-refractivity contribution >= 4 is 17.5 Å². The molecule has 7 nitrogen and oxygen atoms in total. The molecule has 2 atom stereocenters. The maximum absolute atomic E-state index is 13.2. The number of anilines is 1. The molecule has 2 fully saturated rings. The summed E-state index contributed by atoms with van der Waals surface area (Å²) in [6.45, 7) is 9.47. The van der Waals surface area contributed by atoms with Gasteiger partial charge in [-0.1, -0.05) is 6.07 Å². The summed E-state index contributed by atoms with van der Waals surface area (Å²) in [7, 11) is 0. The quantitative estimate of drug-likeness (QED) is 0.551.